The number of rotatable bonds is 6. The minimum absolute atomic E-state index is 0.169. The first-order valence-electron chi connectivity index (χ1n) is 8.96. The van der Waals surface area contributed by atoms with Crippen LogP contribution in [-0.4, -0.2) is 17.6 Å². The van der Waals surface area contributed by atoms with E-state index in [0.717, 1.165) is 29.1 Å². The second-order valence-corrected chi connectivity index (χ2v) is 6.72. The first kappa shape index (κ1) is 18.9. The van der Waals surface area contributed by atoms with Crippen molar-refractivity contribution in [3.05, 3.63) is 71.4 Å². The lowest BCUT2D eigenvalue weighted by molar-refractivity contribution is -0.113. The molecule has 0 fully saturated rings. The van der Waals surface area contributed by atoms with E-state index in [0.29, 0.717) is 17.3 Å². The molecule has 1 atom stereocenters. The zero-order valence-electron chi connectivity index (χ0n) is 15.4. The molecule has 1 heterocycles. The molecule has 1 aliphatic heterocycles. The number of amides is 1. The summed E-state index contributed by atoms with van der Waals surface area (Å²) in [5.74, 6) is 0.644. The smallest absolute Gasteiger partial charge is 0.255 e. The highest BCUT2D eigenvalue weighted by atomic mass is 32.1. The van der Waals surface area contributed by atoms with Gasteiger partial charge in [-0.1, -0.05) is 37.3 Å². The number of hydrogen-bond acceptors (Lipinski definition) is 3. The quantitative estimate of drug-likeness (QED) is 0.663. The number of ether oxygens (including phenoxy) is 1. The fraction of sp³-hybridized carbons (Fsp3) is 0.238. The van der Waals surface area contributed by atoms with E-state index in [4.69, 9.17) is 17.0 Å². The molecule has 27 heavy (non-hydrogen) atoms. The Labute approximate surface area is 164 Å². The number of nitrogens with one attached hydrogen (secondary N) is 3. The largest absolute Gasteiger partial charge is 0.494 e. The monoisotopic (exact) mass is 381 g/mol. The molecule has 3 N–H and O–H groups in total. The molecule has 6 heteroatoms. The Bertz CT molecular complexity index is 847. The van der Waals surface area contributed by atoms with E-state index in [1.54, 1.807) is 0 Å². The molecule has 0 unspecified atom stereocenters. The summed E-state index contributed by atoms with van der Waals surface area (Å²) in [6.45, 7) is 4.61. The van der Waals surface area contributed by atoms with Crippen LogP contribution in [0.3, 0.4) is 0 Å². The molecule has 0 aromatic heterocycles. The molecule has 1 amide bonds. The van der Waals surface area contributed by atoms with E-state index < -0.39 is 0 Å². The van der Waals surface area contributed by atoms with Crippen LogP contribution in [0.25, 0.3) is 0 Å². The fourth-order valence-electron chi connectivity index (χ4n) is 2.94. The summed E-state index contributed by atoms with van der Waals surface area (Å²) in [6, 6.07) is 16.8. The highest BCUT2D eigenvalue weighted by Crippen LogP contribution is 2.29. The van der Waals surface area contributed by atoms with Crippen molar-refractivity contribution in [3.8, 4) is 5.75 Å². The third-order valence-electron chi connectivity index (χ3n) is 4.23. The lowest BCUT2D eigenvalue weighted by atomic mass is 9.95. The maximum Gasteiger partial charge on any atom is 0.255 e. The average Bonchev–Trinajstić information content (AvgIpc) is 2.67. The van der Waals surface area contributed by atoms with Crippen molar-refractivity contribution in [3.63, 3.8) is 0 Å². The SMILES string of the molecule is CCCOc1ccc([C@@H]2NC(=S)NC(C)=C2C(=O)Nc2ccccc2)cc1. The van der Waals surface area contributed by atoms with Gasteiger partial charge in [-0.3, -0.25) is 4.79 Å². The van der Waals surface area contributed by atoms with Crippen LogP contribution in [0.4, 0.5) is 5.69 Å². The van der Waals surface area contributed by atoms with Crippen LogP contribution in [0.5, 0.6) is 5.75 Å². The molecule has 140 valence electrons. The van der Waals surface area contributed by atoms with Crippen molar-refractivity contribution in [2.24, 2.45) is 0 Å². The van der Waals surface area contributed by atoms with Gasteiger partial charge in [0.05, 0.1) is 18.2 Å². The normalized spacial score (nSPS) is 16.4. The number of anilines is 1. The minimum Gasteiger partial charge on any atom is -0.494 e. The average molecular weight is 382 g/mol. The number of carbonyl (C=O) groups is 1. The van der Waals surface area contributed by atoms with E-state index >= 15 is 0 Å². The zero-order valence-corrected chi connectivity index (χ0v) is 16.2. The third kappa shape index (κ3) is 4.65. The Balaban J connectivity index is 1.86. The Morgan fingerprint density at radius 3 is 2.52 bits per heavy atom. The van der Waals surface area contributed by atoms with Crippen molar-refractivity contribution in [1.82, 2.24) is 10.6 Å². The molecule has 0 spiro atoms. The second kappa shape index (κ2) is 8.68. The molecule has 0 radical (unpaired) electrons. The topological polar surface area (TPSA) is 62.4 Å². The number of allylic oxidation sites excluding steroid dienone is 1. The summed E-state index contributed by atoms with van der Waals surface area (Å²) in [6.07, 6.45) is 0.956. The van der Waals surface area contributed by atoms with Gasteiger partial charge in [0, 0.05) is 11.4 Å². The van der Waals surface area contributed by atoms with Gasteiger partial charge in [-0.15, -0.1) is 0 Å². The lowest BCUT2D eigenvalue weighted by Crippen LogP contribution is -2.45. The van der Waals surface area contributed by atoms with Gasteiger partial charge in [0.15, 0.2) is 5.11 Å². The van der Waals surface area contributed by atoms with Crippen molar-refractivity contribution < 1.29 is 9.53 Å². The van der Waals surface area contributed by atoms with Gasteiger partial charge in [0.2, 0.25) is 0 Å². The standard InChI is InChI=1S/C21H23N3O2S/c1-3-13-26-17-11-9-15(10-12-17)19-18(14(2)22-21(27)24-19)20(25)23-16-7-5-4-6-8-16/h4-12,19H,3,13H2,1-2H3,(H,23,25)(H2,22,24,27)/t19-/m0/s1. The van der Waals surface area contributed by atoms with Gasteiger partial charge in [-0.2, -0.15) is 0 Å². The van der Waals surface area contributed by atoms with E-state index in [2.05, 4.69) is 22.9 Å². The van der Waals surface area contributed by atoms with Crippen molar-refractivity contribution in [2.75, 3.05) is 11.9 Å². The minimum atomic E-state index is -0.331. The second-order valence-electron chi connectivity index (χ2n) is 6.31. The van der Waals surface area contributed by atoms with Gasteiger partial charge in [-0.25, -0.2) is 0 Å². The van der Waals surface area contributed by atoms with Crippen molar-refractivity contribution >= 4 is 28.9 Å². The zero-order chi connectivity index (χ0) is 19.2. The molecule has 5 nitrogen and oxygen atoms in total. The van der Waals surface area contributed by atoms with E-state index in [9.17, 15) is 4.79 Å². The fourth-order valence-corrected chi connectivity index (χ4v) is 3.21. The molecular formula is C21H23N3O2S. The number of para-hydroxylation sites is 1. The van der Waals surface area contributed by atoms with Crippen LogP contribution >= 0.6 is 12.2 Å². The summed E-state index contributed by atoms with van der Waals surface area (Å²) < 4.78 is 5.64. The van der Waals surface area contributed by atoms with Crippen LogP contribution in [0, 0.1) is 0 Å². The highest BCUT2D eigenvalue weighted by molar-refractivity contribution is 7.80. The van der Waals surface area contributed by atoms with E-state index in [1.807, 2.05) is 61.5 Å². The molecule has 2 aromatic rings. The van der Waals surface area contributed by atoms with Crippen LogP contribution in [-0.2, 0) is 4.79 Å². The Kier molecular flexibility index (Phi) is 6.08. The number of benzene rings is 2. The lowest BCUT2D eigenvalue weighted by Gasteiger charge is -2.30. The maximum atomic E-state index is 13.0. The Morgan fingerprint density at radius 2 is 1.85 bits per heavy atom. The van der Waals surface area contributed by atoms with Gasteiger partial charge in [-0.05, 0) is 55.4 Å². The predicted octanol–water partition coefficient (Wildman–Crippen LogP) is 3.91. The molecule has 0 bridgehead atoms. The first-order valence-corrected chi connectivity index (χ1v) is 9.36. The van der Waals surface area contributed by atoms with Crippen LogP contribution in [0.1, 0.15) is 31.9 Å². The van der Waals surface area contributed by atoms with E-state index in [1.165, 1.54) is 0 Å². The van der Waals surface area contributed by atoms with Gasteiger partial charge >= 0.3 is 0 Å². The molecule has 3 rings (SSSR count). The predicted molar refractivity (Wildman–Crippen MR) is 112 cm³/mol. The number of hydrogen-bond donors (Lipinski definition) is 3. The van der Waals surface area contributed by atoms with Crippen molar-refractivity contribution in [1.29, 1.82) is 0 Å². The Hall–Kier alpha value is -2.86. The van der Waals surface area contributed by atoms with Crippen LogP contribution in [0.15, 0.2) is 65.9 Å². The molecule has 0 aliphatic carbocycles. The van der Waals surface area contributed by atoms with E-state index in [-0.39, 0.29) is 11.9 Å². The molecule has 1 aliphatic rings. The number of thiocarbonyl (C=S) groups is 1. The first-order chi connectivity index (χ1) is 13.1. The molecule has 2 aromatic carbocycles. The Morgan fingerprint density at radius 1 is 1.15 bits per heavy atom. The summed E-state index contributed by atoms with van der Waals surface area (Å²) in [5.41, 5.74) is 3.04. The van der Waals surface area contributed by atoms with Crippen LogP contribution in [0.2, 0.25) is 0 Å². The third-order valence-corrected chi connectivity index (χ3v) is 4.45. The summed E-state index contributed by atoms with van der Waals surface area (Å²) >= 11 is 5.30. The summed E-state index contributed by atoms with van der Waals surface area (Å²) in [5, 5.41) is 9.70. The summed E-state index contributed by atoms with van der Waals surface area (Å²) in [4.78, 5) is 13.0. The summed E-state index contributed by atoms with van der Waals surface area (Å²) in [7, 11) is 0. The highest BCUT2D eigenvalue weighted by Gasteiger charge is 2.29. The van der Waals surface area contributed by atoms with Gasteiger partial charge in [0.25, 0.3) is 5.91 Å². The maximum absolute atomic E-state index is 13.0. The molecular weight excluding hydrogens is 358 g/mol. The van der Waals surface area contributed by atoms with Gasteiger partial charge in [0.1, 0.15) is 5.75 Å². The van der Waals surface area contributed by atoms with Gasteiger partial charge < -0.3 is 20.7 Å². The van der Waals surface area contributed by atoms with Crippen molar-refractivity contribution in [2.45, 2.75) is 26.3 Å². The molecule has 0 saturated carbocycles. The molecule has 0 saturated heterocycles. The van der Waals surface area contributed by atoms with Crippen LogP contribution < -0.4 is 20.7 Å². The number of carbonyl (C=O) groups excluding carboxylic acids is 1.